The van der Waals surface area contributed by atoms with Crippen LogP contribution >= 0.6 is 0 Å². The molecule has 0 spiro atoms. The molecule has 1 aliphatic heterocycles. The number of methoxy groups -OCH3 is 1. The highest BCUT2D eigenvalue weighted by molar-refractivity contribution is 5.76. The Kier molecular flexibility index (Phi) is 7.54. The maximum Gasteiger partial charge on any atom is 0.319 e. The van der Waals surface area contributed by atoms with Crippen LogP contribution in [0.25, 0.3) is 0 Å². The van der Waals surface area contributed by atoms with Crippen LogP contribution in [0.3, 0.4) is 0 Å². The summed E-state index contributed by atoms with van der Waals surface area (Å²) in [5.74, 6) is -0.00203. The van der Waals surface area contributed by atoms with Gasteiger partial charge in [-0.3, -0.25) is 14.5 Å². The lowest BCUT2D eigenvalue weighted by Gasteiger charge is -2.34. The molecule has 1 aliphatic rings. The number of hydrogen-bond acceptors (Lipinski definition) is 5. The van der Waals surface area contributed by atoms with Crippen molar-refractivity contribution in [3.8, 4) is 0 Å². The maximum absolute atomic E-state index is 12.0. The number of carbonyl (C=O) groups excluding carboxylic acids is 2. The standard InChI is InChI=1S/C14H27N3O3/c1-12(2)15-6-4-5-13(18)17-9-7-16(8-10-17)11-14(19)20-3/h12,15H,4-11H2,1-3H3. The van der Waals surface area contributed by atoms with Crippen LogP contribution < -0.4 is 5.32 Å². The van der Waals surface area contributed by atoms with Crippen LogP contribution in [0.1, 0.15) is 26.7 Å². The van der Waals surface area contributed by atoms with Gasteiger partial charge in [0.15, 0.2) is 0 Å². The van der Waals surface area contributed by atoms with Crippen molar-refractivity contribution < 1.29 is 14.3 Å². The second-order valence-electron chi connectivity index (χ2n) is 5.45. The minimum absolute atomic E-state index is 0.216. The zero-order valence-corrected chi connectivity index (χ0v) is 12.9. The van der Waals surface area contributed by atoms with Gasteiger partial charge in [0, 0.05) is 38.6 Å². The molecular formula is C14H27N3O3. The summed E-state index contributed by atoms with van der Waals surface area (Å²) in [5, 5.41) is 3.31. The first kappa shape index (κ1) is 16.9. The molecule has 1 N–H and O–H groups in total. The summed E-state index contributed by atoms with van der Waals surface area (Å²) in [5.41, 5.74) is 0. The number of amides is 1. The van der Waals surface area contributed by atoms with E-state index < -0.39 is 0 Å². The van der Waals surface area contributed by atoms with Crippen LogP contribution in [0.5, 0.6) is 0 Å². The molecule has 116 valence electrons. The lowest BCUT2D eigenvalue weighted by atomic mass is 10.2. The van der Waals surface area contributed by atoms with Gasteiger partial charge in [0.05, 0.1) is 13.7 Å². The van der Waals surface area contributed by atoms with E-state index in [0.29, 0.717) is 32.1 Å². The van der Waals surface area contributed by atoms with Crippen LogP contribution in [0, 0.1) is 0 Å². The fourth-order valence-corrected chi connectivity index (χ4v) is 2.19. The van der Waals surface area contributed by atoms with Gasteiger partial charge in [-0.1, -0.05) is 13.8 Å². The number of ether oxygens (including phenoxy) is 1. The van der Waals surface area contributed by atoms with Gasteiger partial charge in [-0.15, -0.1) is 0 Å². The van der Waals surface area contributed by atoms with Crippen molar-refractivity contribution in [2.45, 2.75) is 32.7 Å². The fourth-order valence-electron chi connectivity index (χ4n) is 2.19. The fraction of sp³-hybridized carbons (Fsp3) is 0.857. The van der Waals surface area contributed by atoms with Gasteiger partial charge in [0.25, 0.3) is 0 Å². The Morgan fingerprint density at radius 3 is 2.40 bits per heavy atom. The van der Waals surface area contributed by atoms with Crippen LogP contribution in [0.4, 0.5) is 0 Å². The molecule has 0 saturated carbocycles. The second kappa shape index (κ2) is 8.92. The average Bonchev–Trinajstić information content (AvgIpc) is 2.43. The molecule has 0 aromatic rings. The zero-order chi connectivity index (χ0) is 15.0. The van der Waals surface area contributed by atoms with Gasteiger partial charge < -0.3 is 15.0 Å². The molecule has 0 aromatic carbocycles. The van der Waals surface area contributed by atoms with Crippen LogP contribution in [0.15, 0.2) is 0 Å². The Labute approximate surface area is 121 Å². The quantitative estimate of drug-likeness (QED) is 0.530. The van der Waals surface area contributed by atoms with E-state index in [2.05, 4.69) is 23.9 Å². The molecule has 1 saturated heterocycles. The van der Waals surface area contributed by atoms with Gasteiger partial charge in [-0.25, -0.2) is 0 Å². The Hall–Kier alpha value is -1.14. The average molecular weight is 285 g/mol. The van der Waals surface area contributed by atoms with Crippen LogP contribution in [0.2, 0.25) is 0 Å². The molecule has 1 rings (SSSR count). The van der Waals surface area contributed by atoms with Gasteiger partial charge in [0.2, 0.25) is 5.91 Å². The van der Waals surface area contributed by atoms with Crippen LogP contribution in [-0.4, -0.2) is 74.1 Å². The van der Waals surface area contributed by atoms with Crippen molar-refractivity contribution >= 4 is 11.9 Å². The molecule has 1 fully saturated rings. The Bertz CT molecular complexity index is 313. The van der Waals surface area contributed by atoms with Gasteiger partial charge >= 0.3 is 5.97 Å². The van der Waals surface area contributed by atoms with Crippen molar-refractivity contribution in [2.75, 3.05) is 46.4 Å². The Morgan fingerprint density at radius 2 is 1.85 bits per heavy atom. The third-order valence-electron chi connectivity index (χ3n) is 3.43. The first-order valence-electron chi connectivity index (χ1n) is 7.33. The third-order valence-corrected chi connectivity index (χ3v) is 3.43. The van der Waals surface area contributed by atoms with E-state index in [4.69, 9.17) is 0 Å². The number of carbonyl (C=O) groups is 2. The lowest BCUT2D eigenvalue weighted by molar-refractivity contribution is -0.142. The second-order valence-corrected chi connectivity index (χ2v) is 5.45. The van der Waals surface area contributed by atoms with Crippen molar-refractivity contribution in [2.24, 2.45) is 0 Å². The largest absolute Gasteiger partial charge is 0.468 e. The van der Waals surface area contributed by atoms with E-state index in [0.717, 1.165) is 26.1 Å². The van der Waals surface area contributed by atoms with E-state index in [9.17, 15) is 9.59 Å². The van der Waals surface area contributed by atoms with Crippen LogP contribution in [-0.2, 0) is 14.3 Å². The predicted molar refractivity (Wildman–Crippen MR) is 77.4 cm³/mol. The molecule has 0 radical (unpaired) electrons. The number of nitrogens with one attached hydrogen (secondary N) is 1. The van der Waals surface area contributed by atoms with E-state index in [1.54, 1.807) is 0 Å². The summed E-state index contributed by atoms with van der Waals surface area (Å²) < 4.78 is 4.64. The zero-order valence-electron chi connectivity index (χ0n) is 12.9. The molecule has 6 heteroatoms. The summed E-state index contributed by atoms with van der Waals surface area (Å²) in [7, 11) is 1.40. The summed E-state index contributed by atoms with van der Waals surface area (Å²) >= 11 is 0. The SMILES string of the molecule is COC(=O)CN1CCN(C(=O)CCCNC(C)C)CC1. The number of nitrogens with zero attached hydrogens (tertiary/aromatic N) is 2. The number of esters is 1. The van der Waals surface area contributed by atoms with Gasteiger partial charge in [-0.2, -0.15) is 0 Å². The van der Waals surface area contributed by atoms with Crippen molar-refractivity contribution in [3.05, 3.63) is 0 Å². The molecule has 0 bridgehead atoms. The number of rotatable bonds is 7. The summed E-state index contributed by atoms with van der Waals surface area (Å²) in [6.07, 6.45) is 1.47. The Morgan fingerprint density at radius 1 is 1.20 bits per heavy atom. The van der Waals surface area contributed by atoms with E-state index in [1.165, 1.54) is 7.11 Å². The van der Waals surface area contributed by atoms with E-state index in [-0.39, 0.29) is 11.9 Å². The molecule has 6 nitrogen and oxygen atoms in total. The van der Waals surface area contributed by atoms with E-state index >= 15 is 0 Å². The normalized spacial score (nSPS) is 16.5. The minimum Gasteiger partial charge on any atom is -0.468 e. The predicted octanol–water partition coefficient (Wildman–Crippen LogP) is 0.0818. The summed E-state index contributed by atoms with van der Waals surface area (Å²) in [4.78, 5) is 27.1. The topological polar surface area (TPSA) is 61.9 Å². The molecule has 0 aliphatic carbocycles. The van der Waals surface area contributed by atoms with Crippen molar-refractivity contribution in [1.29, 1.82) is 0 Å². The lowest BCUT2D eigenvalue weighted by Crippen LogP contribution is -2.50. The number of hydrogen-bond donors (Lipinski definition) is 1. The molecule has 0 atom stereocenters. The summed E-state index contributed by atoms with van der Waals surface area (Å²) in [6, 6.07) is 0.465. The first-order chi connectivity index (χ1) is 9.52. The highest BCUT2D eigenvalue weighted by Gasteiger charge is 2.22. The molecular weight excluding hydrogens is 258 g/mol. The number of piperazine rings is 1. The van der Waals surface area contributed by atoms with Gasteiger partial charge in [-0.05, 0) is 13.0 Å². The minimum atomic E-state index is -0.218. The molecule has 0 unspecified atom stereocenters. The Balaban J connectivity index is 2.17. The van der Waals surface area contributed by atoms with Gasteiger partial charge in [0.1, 0.15) is 0 Å². The smallest absolute Gasteiger partial charge is 0.319 e. The van der Waals surface area contributed by atoms with Crippen molar-refractivity contribution in [3.63, 3.8) is 0 Å². The van der Waals surface area contributed by atoms with Crippen molar-refractivity contribution in [1.82, 2.24) is 15.1 Å². The van der Waals surface area contributed by atoms with E-state index in [1.807, 2.05) is 9.80 Å². The highest BCUT2D eigenvalue weighted by atomic mass is 16.5. The first-order valence-corrected chi connectivity index (χ1v) is 7.33. The molecule has 0 aromatic heterocycles. The summed E-state index contributed by atoms with van der Waals surface area (Å²) in [6.45, 7) is 8.28. The molecule has 1 amide bonds. The highest BCUT2D eigenvalue weighted by Crippen LogP contribution is 2.05. The monoisotopic (exact) mass is 285 g/mol. The maximum atomic E-state index is 12.0. The molecule has 1 heterocycles. The molecule has 20 heavy (non-hydrogen) atoms. The third kappa shape index (κ3) is 6.34.